The zero-order valence-corrected chi connectivity index (χ0v) is 19.4. The smallest absolute Gasteiger partial charge is 0.200 e. The maximum absolute atomic E-state index is 17.3. The zero-order chi connectivity index (χ0) is 22.7. The van der Waals surface area contributed by atoms with Crippen LogP contribution in [0.5, 0.6) is 0 Å². The van der Waals surface area contributed by atoms with Crippen molar-refractivity contribution in [1.29, 1.82) is 0 Å². The second-order valence-corrected chi connectivity index (χ2v) is 11.4. The largest absolute Gasteiger partial charge is 0.390 e. The summed E-state index contributed by atoms with van der Waals surface area (Å²) in [7, 11) is 0. The van der Waals surface area contributed by atoms with E-state index in [2.05, 4.69) is 0 Å². The molecule has 7 heteroatoms. The van der Waals surface area contributed by atoms with E-state index in [4.69, 9.17) is 21.1 Å². The third-order valence-electron chi connectivity index (χ3n) is 9.01. The number of alkyl halides is 2. The standard InChI is InChI=1S/C24H31ClF2O4/c1-6-11-9-23(5)17(18(25)19(11)29)14(26)7-13-12-8-15-20(31-21(2,3)30-15)22(12,4)10-16(28)24(13,23)27/h9,12-16,20,28H,6-8,10H2,1-5H3/t12-,13-,14-,15+,16-,20+,22-,23-,24-/m0/s1. The lowest BCUT2D eigenvalue weighted by Gasteiger charge is -2.62. The van der Waals surface area contributed by atoms with Crippen LogP contribution in [-0.4, -0.2) is 46.8 Å². The molecule has 9 atom stereocenters. The molecule has 0 aromatic carbocycles. The summed E-state index contributed by atoms with van der Waals surface area (Å²) >= 11 is 6.35. The summed E-state index contributed by atoms with van der Waals surface area (Å²) in [5.74, 6) is -2.11. The van der Waals surface area contributed by atoms with Crippen molar-refractivity contribution >= 4 is 17.4 Å². The van der Waals surface area contributed by atoms with E-state index >= 15 is 8.78 Å². The number of hydrogen-bond donors (Lipinski definition) is 1. The molecule has 0 bridgehead atoms. The second kappa shape index (κ2) is 6.40. The second-order valence-electron chi connectivity index (χ2n) is 11.0. The third kappa shape index (κ3) is 2.54. The Balaban J connectivity index is 1.64. The number of rotatable bonds is 1. The Labute approximate surface area is 187 Å². The van der Waals surface area contributed by atoms with E-state index < -0.39 is 46.3 Å². The minimum atomic E-state index is -2.13. The van der Waals surface area contributed by atoms with Crippen LogP contribution in [0.4, 0.5) is 8.78 Å². The maximum Gasteiger partial charge on any atom is 0.200 e. The van der Waals surface area contributed by atoms with E-state index in [1.807, 2.05) is 20.8 Å². The highest BCUT2D eigenvalue weighted by Gasteiger charge is 2.75. The van der Waals surface area contributed by atoms with E-state index in [0.29, 0.717) is 18.4 Å². The molecule has 1 aliphatic heterocycles. The molecule has 0 spiro atoms. The van der Waals surface area contributed by atoms with Crippen molar-refractivity contribution in [2.24, 2.45) is 22.7 Å². The molecule has 1 saturated heterocycles. The number of fused-ring (bicyclic) bond motifs is 7. The van der Waals surface area contributed by atoms with Gasteiger partial charge in [-0.15, -0.1) is 0 Å². The van der Waals surface area contributed by atoms with E-state index in [1.54, 1.807) is 19.9 Å². The minimum absolute atomic E-state index is 0.00964. The number of hydrogen-bond acceptors (Lipinski definition) is 4. The zero-order valence-electron chi connectivity index (χ0n) is 18.7. The number of allylic oxidation sites excluding steroid dienone is 4. The van der Waals surface area contributed by atoms with Gasteiger partial charge in [-0.3, -0.25) is 4.79 Å². The molecule has 5 rings (SSSR count). The van der Waals surface area contributed by atoms with Gasteiger partial charge in [-0.05, 0) is 63.5 Å². The molecule has 0 radical (unpaired) electrons. The van der Waals surface area contributed by atoms with Gasteiger partial charge >= 0.3 is 0 Å². The Morgan fingerprint density at radius 2 is 1.87 bits per heavy atom. The highest BCUT2D eigenvalue weighted by Crippen LogP contribution is 2.70. The average molecular weight is 457 g/mol. The Morgan fingerprint density at radius 1 is 1.19 bits per heavy atom. The highest BCUT2D eigenvalue weighted by molar-refractivity contribution is 6.46. The first-order valence-corrected chi connectivity index (χ1v) is 11.7. The van der Waals surface area contributed by atoms with Crippen LogP contribution in [0, 0.1) is 22.7 Å². The molecule has 0 unspecified atom stereocenters. The molecule has 4 fully saturated rings. The molecule has 0 aromatic heterocycles. The fraction of sp³-hybridized carbons (Fsp3) is 0.792. The molecule has 1 N–H and O–H groups in total. The summed E-state index contributed by atoms with van der Waals surface area (Å²) in [5, 5.41) is 11.1. The van der Waals surface area contributed by atoms with Crippen LogP contribution in [0.2, 0.25) is 0 Å². The molecular formula is C24H31ClF2O4. The number of Topliss-reactive ketones (excluding diaryl/α,β-unsaturated/α-hetero) is 1. The Morgan fingerprint density at radius 3 is 2.52 bits per heavy atom. The monoisotopic (exact) mass is 456 g/mol. The Kier molecular flexibility index (Phi) is 4.54. The lowest BCUT2D eigenvalue weighted by molar-refractivity contribution is -0.230. The summed E-state index contributed by atoms with van der Waals surface area (Å²) in [4.78, 5) is 12.6. The predicted molar refractivity (Wildman–Crippen MR) is 112 cm³/mol. The van der Waals surface area contributed by atoms with E-state index in [9.17, 15) is 9.90 Å². The van der Waals surface area contributed by atoms with Crippen molar-refractivity contribution in [3.8, 4) is 0 Å². The van der Waals surface area contributed by atoms with Gasteiger partial charge in [-0.1, -0.05) is 31.5 Å². The summed E-state index contributed by atoms with van der Waals surface area (Å²) in [6.45, 7) is 9.13. The van der Waals surface area contributed by atoms with Gasteiger partial charge in [-0.25, -0.2) is 8.78 Å². The van der Waals surface area contributed by atoms with Crippen molar-refractivity contribution < 1.29 is 28.2 Å². The average Bonchev–Trinajstić information content (AvgIpc) is 3.11. The Hall–Kier alpha value is -0.820. The van der Waals surface area contributed by atoms with Gasteiger partial charge in [0.15, 0.2) is 17.2 Å². The molecule has 0 aromatic rings. The first-order chi connectivity index (χ1) is 14.3. The summed E-state index contributed by atoms with van der Waals surface area (Å²) in [5.41, 5.74) is -3.78. The summed E-state index contributed by atoms with van der Waals surface area (Å²) < 4.78 is 45.2. The van der Waals surface area contributed by atoms with Crippen LogP contribution in [0.15, 0.2) is 22.3 Å². The van der Waals surface area contributed by atoms with Crippen molar-refractivity contribution in [3.63, 3.8) is 0 Å². The van der Waals surface area contributed by atoms with Gasteiger partial charge in [0.05, 0.1) is 23.3 Å². The van der Waals surface area contributed by atoms with Crippen LogP contribution >= 0.6 is 11.6 Å². The molecule has 0 amide bonds. The van der Waals surface area contributed by atoms with Crippen molar-refractivity contribution in [2.75, 3.05) is 0 Å². The number of aliphatic hydroxyl groups excluding tert-OH is 1. The van der Waals surface area contributed by atoms with Gasteiger partial charge in [-0.2, -0.15) is 0 Å². The number of ether oxygens (including phenoxy) is 2. The SMILES string of the molecule is CCC1=C[C@@]2(C)C(=C(Cl)C1=O)[C@@H](F)C[C@H]1[C@@H]3C[C@H]4OC(C)(C)O[C@H]4[C@@]3(C)C[C@H](O)[C@@]12F. The number of carbonyl (C=O) groups is 1. The third-order valence-corrected chi connectivity index (χ3v) is 9.39. The van der Waals surface area contributed by atoms with Gasteiger partial charge in [0.1, 0.15) is 6.17 Å². The van der Waals surface area contributed by atoms with Gasteiger partial charge in [0.25, 0.3) is 0 Å². The minimum Gasteiger partial charge on any atom is -0.390 e. The molecule has 5 aliphatic rings. The van der Waals surface area contributed by atoms with Crippen LogP contribution < -0.4 is 0 Å². The predicted octanol–water partition coefficient (Wildman–Crippen LogP) is 4.78. The van der Waals surface area contributed by atoms with Crippen molar-refractivity contribution in [1.82, 2.24) is 0 Å². The number of ketones is 1. The molecule has 4 nitrogen and oxygen atoms in total. The highest BCUT2D eigenvalue weighted by atomic mass is 35.5. The normalized spacial score (nSPS) is 52.9. The van der Waals surface area contributed by atoms with E-state index in [-0.39, 0.29) is 41.6 Å². The molecule has 3 saturated carbocycles. The van der Waals surface area contributed by atoms with Crippen molar-refractivity contribution in [2.45, 2.75) is 96.2 Å². The molecule has 1 heterocycles. The topological polar surface area (TPSA) is 55.8 Å². The number of carbonyl (C=O) groups excluding carboxylic acids is 1. The fourth-order valence-electron chi connectivity index (χ4n) is 7.73. The quantitative estimate of drug-likeness (QED) is 0.616. The van der Waals surface area contributed by atoms with Crippen LogP contribution in [0.3, 0.4) is 0 Å². The summed E-state index contributed by atoms with van der Waals surface area (Å²) in [6, 6.07) is 0. The molecule has 172 valence electrons. The van der Waals surface area contributed by atoms with E-state index in [0.717, 1.165) is 0 Å². The van der Waals surface area contributed by atoms with Gasteiger partial charge < -0.3 is 14.6 Å². The van der Waals surface area contributed by atoms with Crippen molar-refractivity contribution in [3.05, 3.63) is 22.3 Å². The first kappa shape index (κ1) is 22.0. The van der Waals surface area contributed by atoms with Crippen LogP contribution in [-0.2, 0) is 14.3 Å². The lowest BCUT2D eigenvalue weighted by Crippen LogP contribution is -2.68. The number of halogens is 3. The lowest BCUT2D eigenvalue weighted by atomic mass is 9.45. The molecular weight excluding hydrogens is 426 g/mol. The molecule has 31 heavy (non-hydrogen) atoms. The van der Waals surface area contributed by atoms with Gasteiger partial charge in [0, 0.05) is 16.7 Å². The fourth-order valence-corrected chi connectivity index (χ4v) is 8.16. The maximum atomic E-state index is 17.3. The van der Waals surface area contributed by atoms with Crippen LogP contribution in [0.25, 0.3) is 0 Å². The van der Waals surface area contributed by atoms with Crippen LogP contribution in [0.1, 0.15) is 60.3 Å². The Bertz CT molecular complexity index is 915. The van der Waals surface area contributed by atoms with E-state index in [1.165, 1.54) is 0 Å². The summed E-state index contributed by atoms with van der Waals surface area (Å²) in [6.07, 6.45) is -0.810. The first-order valence-electron chi connectivity index (χ1n) is 11.3. The molecule has 4 aliphatic carbocycles. The number of aliphatic hydroxyl groups is 1. The van der Waals surface area contributed by atoms with Gasteiger partial charge in [0.2, 0.25) is 0 Å².